The summed E-state index contributed by atoms with van der Waals surface area (Å²) in [6.07, 6.45) is 0. The molecule has 3 nitrogen and oxygen atoms in total. The Morgan fingerprint density at radius 2 is 2.33 bits per heavy atom. The van der Waals surface area contributed by atoms with E-state index in [-0.39, 0.29) is 6.04 Å². The van der Waals surface area contributed by atoms with Gasteiger partial charge in [-0.3, -0.25) is 0 Å². The number of halogens is 1. The Bertz CT molecular complexity index is 255. The lowest BCUT2D eigenvalue weighted by molar-refractivity contribution is 0.364. The summed E-state index contributed by atoms with van der Waals surface area (Å²) < 4.78 is 5.29. The van der Waals surface area contributed by atoms with Crippen molar-refractivity contribution >= 4 is 11.6 Å². The van der Waals surface area contributed by atoms with Gasteiger partial charge in [-0.1, -0.05) is 0 Å². The molecule has 0 radical (unpaired) electrons. The Hall–Kier alpha value is -0.510. The molecule has 1 aliphatic rings. The summed E-state index contributed by atoms with van der Waals surface area (Å²) in [6, 6.07) is 3.95. The van der Waals surface area contributed by atoms with E-state index in [0.717, 1.165) is 25.4 Å². The van der Waals surface area contributed by atoms with E-state index in [2.05, 4.69) is 10.6 Å². The first-order valence-corrected chi connectivity index (χ1v) is 4.43. The predicted molar refractivity (Wildman–Crippen MR) is 47.3 cm³/mol. The van der Waals surface area contributed by atoms with Crippen molar-refractivity contribution in [1.82, 2.24) is 10.6 Å². The first-order valence-electron chi connectivity index (χ1n) is 4.05. The molecule has 2 heterocycles. The molecule has 1 atom stereocenters. The van der Waals surface area contributed by atoms with Crippen molar-refractivity contribution in [2.75, 3.05) is 19.6 Å². The van der Waals surface area contributed by atoms with Gasteiger partial charge in [-0.2, -0.15) is 0 Å². The van der Waals surface area contributed by atoms with Crippen LogP contribution in [-0.2, 0) is 0 Å². The van der Waals surface area contributed by atoms with Crippen LogP contribution in [0.2, 0.25) is 5.22 Å². The van der Waals surface area contributed by atoms with Crippen LogP contribution >= 0.6 is 11.6 Å². The lowest BCUT2D eigenvalue weighted by atomic mass is 10.2. The van der Waals surface area contributed by atoms with Crippen LogP contribution in [-0.4, -0.2) is 19.6 Å². The summed E-state index contributed by atoms with van der Waals surface area (Å²) >= 11 is 5.66. The Morgan fingerprint density at radius 3 is 2.92 bits per heavy atom. The maximum atomic E-state index is 5.66. The van der Waals surface area contributed by atoms with Crippen LogP contribution in [0.15, 0.2) is 16.5 Å². The Morgan fingerprint density at radius 1 is 1.42 bits per heavy atom. The molecule has 1 saturated heterocycles. The highest BCUT2D eigenvalue weighted by molar-refractivity contribution is 6.28. The highest BCUT2D eigenvalue weighted by Crippen LogP contribution is 2.19. The van der Waals surface area contributed by atoms with Gasteiger partial charge >= 0.3 is 0 Å². The molecular formula is C8H11ClN2O. The van der Waals surface area contributed by atoms with E-state index in [1.807, 2.05) is 6.07 Å². The second-order valence-corrected chi connectivity index (χ2v) is 3.23. The topological polar surface area (TPSA) is 37.2 Å². The first kappa shape index (κ1) is 8.10. The van der Waals surface area contributed by atoms with Gasteiger partial charge in [0.1, 0.15) is 5.76 Å². The van der Waals surface area contributed by atoms with Crippen LogP contribution in [0.25, 0.3) is 0 Å². The summed E-state index contributed by atoms with van der Waals surface area (Å²) in [6.45, 7) is 2.90. The van der Waals surface area contributed by atoms with Crippen molar-refractivity contribution in [2.45, 2.75) is 6.04 Å². The third kappa shape index (κ3) is 1.63. The number of piperazine rings is 1. The summed E-state index contributed by atoms with van der Waals surface area (Å²) in [5.41, 5.74) is 0. The lowest BCUT2D eigenvalue weighted by Crippen LogP contribution is -2.42. The third-order valence-corrected chi connectivity index (χ3v) is 2.18. The van der Waals surface area contributed by atoms with Crippen molar-refractivity contribution in [3.8, 4) is 0 Å². The normalized spacial score (nSPS) is 24.2. The number of rotatable bonds is 1. The zero-order valence-electron chi connectivity index (χ0n) is 6.64. The molecule has 12 heavy (non-hydrogen) atoms. The van der Waals surface area contributed by atoms with Crippen molar-refractivity contribution in [2.24, 2.45) is 0 Å². The van der Waals surface area contributed by atoms with Crippen LogP contribution in [0.5, 0.6) is 0 Å². The second kappa shape index (κ2) is 3.47. The molecule has 1 fully saturated rings. The highest BCUT2D eigenvalue weighted by Gasteiger charge is 2.16. The van der Waals surface area contributed by atoms with E-state index in [0.29, 0.717) is 5.22 Å². The van der Waals surface area contributed by atoms with Crippen LogP contribution in [0, 0.1) is 0 Å². The Kier molecular flexibility index (Phi) is 2.35. The van der Waals surface area contributed by atoms with Crippen molar-refractivity contribution in [3.05, 3.63) is 23.1 Å². The molecule has 0 aromatic carbocycles. The molecule has 1 aromatic rings. The zero-order valence-corrected chi connectivity index (χ0v) is 7.40. The molecule has 0 spiro atoms. The second-order valence-electron chi connectivity index (χ2n) is 2.85. The summed E-state index contributed by atoms with van der Waals surface area (Å²) in [5.74, 6) is 0.909. The molecule has 0 saturated carbocycles. The molecule has 4 heteroatoms. The molecule has 0 bridgehead atoms. The Balaban J connectivity index is 2.08. The first-order chi connectivity index (χ1) is 5.86. The number of hydrogen-bond acceptors (Lipinski definition) is 3. The minimum atomic E-state index is 0.270. The van der Waals surface area contributed by atoms with Crippen molar-refractivity contribution in [3.63, 3.8) is 0 Å². The van der Waals surface area contributed by atoms with Crippen molar-refractivity contribution < 1.29 is 4.42 Å². The van der Waals surface area contributed by atoms with Crippen molar-refractivity contribution in [1.29, 1.82) is 0 Å². The third-order valence-electron chi connectivity index (χ3n) is 1.98. The average Bonchev–Trinajstić information content (AvgIpc) is 2.54. The molecule has 1 aliphatic heterocycles. The SMILES string of the molecule is Clc1ccc(C2CNCCN2)o1. The summed E-state index contributed by atoms with van der Waals surface area (Å²) in [5, 5.41) is 7.07. The van der Waals surface area contributed by atoms with Gasteiger partial charge in [-0.25, -0.2) is 0 Å². The summed E-state index contributed by atoms with van der Waals surface area (Å²) in [4.78, 5) is 0. The molecule has 0 amide bonds. The van der Waals surface area contributed by atoms with E-state index in [4.69, 9.17) is 16.0 Å². The van der Waals surface area contributed by atoms with E-state index < -0.39 is 0 Å². The van der Waals surface area contributed by atoms with E-state index in [9.17, 15) is 0 Å². The lowest BCUT2D eigenvalue weighted by Gasteiger charge is -2.22. The van der Waals surface area contributed by atoms with Gasteiger partial charge in [0.2, 0.25) is 0 Å². The van der Waals surface area contributed by atoms with Crippen LogP contribution in [0.4, 0.5) is 0 Å². The van der Waals surface area contributed by atoms with Gasteiger partial charge in [0.25, 0.3) is 0 Å². The maximum absolute atomic E-state index is 5.66. The molecule has 66 valence electrons. The van der Waals surface area contributed by atoms with Gasteiger partial charge in [0.15, 0.2) is 5.22 Å². The number of nitrogens with one attached hydrogen (secondary N) is 2. The van der Waals surface area contributed by atoms with Gasteiger partial charge in [0, 0.05) is 19.6 Å². The smallest absolute Gasteiger partial charge is 0.193 e. The summed E-state index contributed by atoms with van der Waals surface area (Å²) in [7, 11) is 0. The standard InChI is InChI=1S/C8H11ClN2O/c9-8-2-1-7(12-8)6-5-10-3-4-11-6/h1-2,6,10-11H,3-5H2. The fraction of sp³-hybridized carbons (Fsp3) is 0.500. The molecule has 0 aliphatic carbocycles. The van der Waals surface area contributed by atoms with Gasteiger partial charge in [-0.15, -0.1) is 0 Å². The van der Waals surface area contributed by atoms with Crippen LogP contribution in [0.3, 0.4) is 0 Å². The quantitative estimate of drug-likeness (QED) is 0.692. The highest BCUT2D eigenvalue weighted by atomic mass is 35.5. The largest absolute Gasteiger partial charge is 0.448 e. The predicted octanol–water partition coefficient (Wildman–Crippen LogP) is 1.17. The van der Waals surface area contributed by atoms with E-state index in [1.54, 1.807) is 6.07 Å². The zero-order chi connectivity index (χ0) is 8.39. The molecule has 1 unspecified atom stereocenters. The van der Waals surface area contributed by atoms with Gasteiger partial charge in [0.05, 0.1) is 6.04 Å². The fourth-order valence-electron chi connectivity index (χ4n) is 1.37. The maximum Gasteiger partial charge on any atom is 0.193 e. The number of hydrogen-bond donors (Lipinski definition) is 2. The monoisotopic (exact) mass is 186 g/mol. The molecule has 2 N–H and O–H groups in total. The van der Waals surface area contributed by atoms with Gasteiger partial charge in [-0.05, 0) is 23.7 Å². The van der Waals surface area contributed by atoms with E-state index >= 15 is 0 Å². The average molecular weight is 187 g/mol. The molecule has 2 rings (SSSR count). The Labute approximate surface area is 76.1 Å². The van der Waals surface area contributed by atoms with Crippen LogP contribution in [0.1, 0.15) is 11.8 Å². The minimum Gasteiger partial charge on any atom is -0.448 e. The number of furan rings is 1. The van der Waals surface area contributed by atoms with Crippen LogP contribution < -0.4 is 10.6 Å². The molecule has 1 aromatic heterocycles. The van der Waals surface area contributed by atoms with E-state index in [1.165, 1.54) is 0 Å². The fourth-order valence-corrected chi connectivity index (χ4v) is 1.52. The minimum absolute atomic E-state index is 0.270. The molecular weight excluding hydrogens is 176 g/mol. The van der Waals surface area contributed by atoms with Gasteiger partial charge < -0.3 is 15.1 Å².